The Balaban J connectivity index is 2.48. The second kappa shape index (κ2) is 6.77. The largest absolute Gasteiger partial charge is 0.493 e. The van der Waals surface area contributed by atoms with Crippen LogP contribution in [-0.4, -0.2) is 20.8 Å². The van der Waals surface area contributed by atoms with Gasteiger partial charge in [0.2, 0.25) is 0 Å². The van der Waals surface area contributed by atoms with E-state index in [1.807, 2.05) is 6.07 Å². The fraction of sp³-hybridized carbons (Fsp3) is 0.375. The molecule has 0 aliphatic rings. The average molecular weight is 291 g/mol. The molecule has 1 atom stereocenters. The molecule has 1 heterocycles. The van der Waals surface area contributed by atoms with Crippen molar-refractivity contribution in [1.82, 2.24) is 5.32 Å². The molecule has 3 nitrogen and oxygen atoms in total. The zero-order valence-electron chi connectivity index (χ0n) is 12.4. The third kappa shape index (κ3) is 2.97. The Kier molecular flexibility index (Phi) is 5.04. The van der Waals surface area contributed by atoms with Crippen molar-refractivity contribution in [1.29, 1.82) is 0 Å². The number of hydrogen-bond donors (Lipinski definition) is 1. The van der Waals surface area contributed by atoms with Crippen molar-refractivity contribution in [2.24, 2.45) is 0 Å². The van der Waals surface area contributed by atoms with Gasteiger partial charge in [-0.15, -0.1) is 11.3 Å². The van der Waals surface area contributed by atoms with E-state index in [0.717, 1.165) is 18.0 Å². The SMILES string of the molecule is CCNC(c1cccs1)c1cc(OC)c(OC)cc1C. The zero-order chi connectivity index (χ0) is 14.5. The minimum atomic E-state index is 0.194. The number of rotatable bonds is 6. The van der Waals surface area contributed by atoms with Gasteiger partial charge in [0, 0.05) is 4.88 Å². The van der Waals surface area contributed by atoms with Gasteiger partial charge in [0.05, 0.1) is 20.3 Å². The predicted molar refractivity (Wildman–Crippen MR) is 84.1 cm³/mol. The summed E-state index contributed by atoms with van der Waals surface area (Å²) in [4.78, 5) is 1.31. The van der Waals surface area contributed by atoms with E-state index >= 15 is 0 Å². The van der Waals surface area contributed by atoms with Gasteiger partial charge in [-0.3, -0.25) is 0 Å². The number of ether oxygens (including phenoxy) is 2. The van der Waals surface area contributed by atoms with Crippen LogP contribution < -0.4 is 14.8 Å². The molecular formula is C16H21NO2S. The number of nitrogens with one attached hydrogen (secondary N) is 1. The first-order valence-electron chi connectivity index (χ1n) is 6.70. The lowest BCUT2D eigenvalue weighted by Crippen LogP contribution is -2.22. The number of aryl methyl sites for hydroxylation is 1. The number of thiophene rings is 1. The Morgan fingerprint density at radius 2 is 1.90 bits per heavy atom. The topological polar surface area (TPSA) is 30.5 Å². The van der Waals surface area contributed by atoms with Gasteiger partial charge < -0.3 is 14.8 Å². The summed E-state index contributed by atoms with van der Waals surface area (Å²) >= 11 is 1.76. The van der Waals surface area contributed by atoms with Crippen molar-refractivity contribution in [2.45, 2.75) is 19.9 Å². The molecule has 4 heteroatoms. The first-order valence-corrected chi connectivity index (χ1v) is 7.58. The van der Waals surface area contributed by atoms with Crippen molar-refractivity contribution in [3.63, 3.8) is 0 Å². The Hall–Kier alpha value is -1.52. The second-order valence-corrected chi connectivity index (χ2v) is 5.55. The normalized spacial score (nSPS) is 12.2. The van der Waals surface area contributed by atoms with Gasteiger partial charge in [0.25, 0.3) is 0 Å². The smallest absolute Gasteiger partial charge is 0.161 e. The molecule has 0 saturated heterocycles. The molecule has 0 aliphatic heterocycles. The number of methoxy groups -OCH3 is 2. The molecule has 2 aromatic rings. The molecule has 20 heavy (non-hydrogen) atoms. The summed E-state index contributed by atoms with van der Waals surface area (Å²) in [5, 5.41) is 5.65. The number of benzene rings is 1. The van der Waals surface area contributed by atoms with Crippen molar-refractivity contribution in [2.75, 3.05) is 20.8 Å². The Morgan fingerprint density at radius 1 is 1.20 bits per heavy atom. The molecule has 1 unspecified atom stereocenters. The van der Waals surface area contributed by atoms with Crippen molar-refractivity contribution >= 4 is 11.3 Å². The van der Waals surface area contributed by atoms with Crippen molar-refractivity contribution < 1.29 is 9.47 Å². The van der Waals surface area contributed by atoms with Crippen LogP contribution in [0.2, 0.25) is 0 Å². The van der Waals surface area contributed by atoms with Crippen LogP contribution in [0.5, 0.6) is 11.5 Å². The molecule has 0 aliphatic carbocycles. The monoisotopic (exact) mass is 291 g/mol. The number of hydrogen-bond acceptors (Lipinski definition) is 4. The fourth-order valence-corrected chi connectivity index (χ4v) is 3.15. The summed E-state index contributed by atoms with van der Waals surface area (Å²) in [5.41, 5.74) is 2.42. The maximum atomic E-state index is 5.43. The minimum Gasteiger partial charge on any atom is -0.493 e. The zero-order valence-corrected chi connectivity index (χ0v) is 13.2. The minimum absolute atomic E-state index is 0.194. The molecule has 0 fully saturated rings. The molecule has 0 spiro atoms. The second-order valence-electron chi connectivity index (χ2n) is 4.57. The van der Waals surface area contributed by atoms with Gasteiger partial charge in [-0.05, 0) is 48.2 Å². The highest BCUT2D eigenvalue weighted by Crippen LogP contribution is 2.36. The first-order chi connectivity index (χ1) is 9.71. The molecule has 0 amide bonds. The molecule has 1 aromatic heterocycles. The summed E-state index contributed by atoms with van der Waals surface area (Å²) in [6.45, 7) is 5.14. The van der Waals surface area contributed by atoms with Crippen LogP contribution in [0.3, 0.4) is 0 Å². The predicted octanol–water partition coefficient (Wildman–Crippen LogP) is 3.77. The summed E-state index contributed by atoms with van der Waals surface area (Å²) in [7, 11) is 3.34. The van der Waals surface area contributed by atoms with Crippen LogP contribution in [0.4, 0.5) is 0 Å². The van der Waals surface area contributed by atoms with E-state index in [-0.39, 0.29) is 6.04 Å². The van der Waals surface area contributed by atoms with Gasteiger partial charge in [-0.2, -0.15) is 0 Å². The molecule has 1 N–H and O–H groups in total. The molecule has 2 rings (SSSR count). The van der Waals surface area contributed by atoms with Crippen LogP contribution in [0.25, 0.3) is 0 Å². The quantitative estimate of drug-likeness (QED) is 0.878. The summed E-state index contributed by atoms with van der Waals surface area (Å²) in [6.07, 6.45) is 0. The van der Waals surface area contributed by atoms with E-state index in [1.165, 1.54) is 16.0 Å². The fourth-order valence-electron chi connectivity index (χ4n) is 2.33. The Morgan fingerprint density at radius 3 is 2.45 bits per heavy atom. The molecule has 108 valence electrons. The molecule has 0 saturated carbocycles. The standard InChI is InChI=1S/C16H21NO2S/c1-5-17-16(15-7-6-8-20-15)12-10-14(19-4)13(18-3)9-11(12)2/h6-10,16-17H,5H2,1-4H3. The van der Waals surface area contributed by atoms with E-state index in [0.29, 0.717) is 0 Å². The molecular weight excluding hydrogens is 270 g/mol. The molecule has 0 bridgehead atoms. The summed E-state index contributed by atoms with van der Waals surface area (Å²) < 4.78 is 10.8. The van der Waals surface area contributed by atoms with Crippen LogP contribution in [-0.2, 0) is 0 Å². The van der Waals surface area contributed by atoms with E-state index in [2.05, 4.69) is 42.7 Å². The van der Waals surface area contributed by atoms with Gasteiger partial charge in [0.1, 0.15) is 0 Å². The van der Waals surface area contributed by atoms with Gasteiger partial charge in [0.15, 0.2) is 11.5 Å². The van der Waals surface area contributed by atoms with Crippen molar-refractivity contribution in [3.05, 3.63) is 45.6 Å². The molecule has 0 radical (unpaired) electrons. The van der Waals surface area contributed by atoms with E-state index in [9.17, 15) is 0 Å². The Labute approximate surface area is 124 Å². The van der Waals surface area contributed by atoms with Crippen molar-refractivity contribution in [3.8, 4) is 11.5 Å². The lowest BCUT2D eigenvalue weighted by molar-refractivity contribution is 0.354. The van der Waals surface area contributed by atoms with Crippen LogP contribution in [0, 0.1) is 6.92 Å². The lowest BCUT2D eigenvalue weighted by Gasteiger charge is -2.21. The van der Waals surface area contributed by atoms with E-state index in [4.69, 9.17) is 9.47 Å². The van der Waals surface area contributed by atoms with Gasteiger partial charge in [-0.25, -0.2) is 0 Å². The summed E-state index contributed by atoms with van der Waals surface area (Å²) in [6, 6.07) is 8.54. The van der Waals surface area contributed by atoms with Crippen LogP contribution in [0.15, 0.2) is 29.6 Å². The van der Waals surface area contributed by atoms with E-state index < -0.39 is 0 Å². The third-order valence-electron chi connectivity index (χ3n) is 3.32. The van der Waals surface area contributed by atoms with Crippen LogP contribution in [0.1, 0.15) is 29.0 Å². The third-order valence-corrected chi connectivity index (χ3v) is 4.26. The highest BCUT2D eigenvalue weighted by atomic mass is 32.1. The maximum Gasteiger partial charge on any atom is 0.161 e. The van der Waals surface area contributed by atoms with Crippen LogP contribution >= 0.6 is 11.3 Å². The highest BCUT2D eigenvalue weighted by Gasteiger charge is 2.19. The Bertz CT molecular complexity index is 552. The highest BCUT2D eigenvalue weighted by molar-refractivity contribution is 7.10. The lowest BCUT2D eigenvalue weighted by atomic mass is 9.99. The maximum absolute atomic E-state index is 5.43. The van der Waals surface area contributed by atoms with Gasteiger partial charge >= 0.3 is 0 Å². The van der Waals surface area contributed by atoms with E-state index in [1.54, 1.807) is 25.6 Å². The average Bonchev–Trinajstić information content (AvgIpc) is 2.98. The van der Waals surface area contributed by atoms with Gasteiger partial charge in [-0.1, -0.05) is 13.0 Å². The summed E-state index contributed by atoms with van der Waals surface area (Å²) in [5.74, 6) is 1.54. The first kappa shape index (κ1) is 14.9. The molecule has 1 aromatic carbocycles.